The van der Waals surface area contributed by atoms with Gasteiger partial charge < -0.3 is 10.2 Å². The number of hydrogen-bond donors (Lipinski definition) is 1. The van der Waals surface area contributed by atoms with E-state index in [2.05, 4.69) is 14.1 Å². The number of carbonyl (C=O) groups excluding carboxylic acids is 1. The molecule has 1 aliphatic heterocycles. The summed E-state index contributed by atoms with van der Waals surface area (Å²) in [5.41, 5.74) is 1.00. The molecule has 0 unspecified atom stereocenters. The third-order valence-electron chi connectivity index (χ3n) is 5.08. The van der Waals surface area contributed by atoms with Crippen molar-refractivity contribution in [1.82, 2.24) is 23.3 Å². The van der Waals surface area contributed by atoms with Gasteiger partial charge in [0.05, 0.1) is 11.7 Å². The van der Waals surface area contributed by atoms with E-state index in [0.717, 1.165) is 37.4 Å². The van der Waals surface area contributed by atoms with Crippen LogP contribution in [-0.2, 0) is 10.0 Å². The van der Waals surface area contributed by atoms with E-state index < -0.39 is 10.0 Å². The first-order valence-electron chi connectivity index (χ1n) is 8.82. The Balaban J connectivity index is 1.44. The summed E-state index contributed by atoms with van der Waals surface area (Å²) >= 11 is 1.00. The van der Waals surface area contributed by atoms with Gasteiger partial charge in [0.15, 0.2) is 0 Å². The number of hydrogen-bond acceptors (Lipinski definition) is 6. The van der Waals surface area contributed by atoms with Crippen LogP contribution in [0.3, 0.4) is 0 Å². The first-order valence-corrected chi connectivity index (χ1v) is 11.0. The van der Waals surface area contributed by atoms with Crippen molar-refractivity contribution in [3.05, 3.63) is 18.2 Å². The van der Waals surface area contributed by atoms with Crippen LogP contribution in [0.5, 0.6) is 0 Å². The molecule has 1 saturated carbocycles. The normalized spacial score (nSPS) is 19.9. The van der Waals surface area contributed by atoms with Crippen LogP contribution in [0, 0.1) is 0 Å². The molecule has 140 valence electrons. The molecule has 1 saturated heterocycles. The lowest BCUT2D eigenvalue weighted by molar-refractivity contribution is 0.169. The number of aromatic nitrogens is 2. The van der Waals surface area contributed by atoms with E-state index in [0.29, 0.717) is 24.1 Å². The molecule has 26 heavy (non-hydrogen) atoms. The Hall–Kier alpha value is -1.78. The summed E-state index contributed by atoms with van der Waals surface area (Å²) in [6, 6.07) is 5.18. The summed E-state index contributed by atoms with van der Waals surface area (Å²) in [4.78, 5) is 14.2. The molecule has 1 aliphatic carbocycles. The minimum atomic E-state index is -3.65. The Labute approximate surface area is 156 Å². The number of sulfonamides is 1. The van der Waals surface area contributed by atoms with Crippen molar-refractivity contribution >= 4 is 38.8 Å². The van der Waals surface area contributed by atoms with Crippen LogP contribution >= 0.6 is 11.7 Å². The maximum atomic E-state index is 13.0. The zero-order valence-corrected chi connectivity index (χ0v) is 15.9. The van der Waals surface area contributed by atoms with Gasteiger partial charge in [-0.15, -0.1) is 0 Å². The van der Waals surface area contributed by atoms with Crippen LogP contribution in [0.15, 0.2) is 23.1 Å². The number of piperazine rings is 1. The van der Waals surface area contributed by atoms with Crippen LogP contribution in [0.25, 0.3) is 11.0 Å². The fourth-order valence-corrected chi connectivity index (χ4v) is 5.77. The van der Waals surface area contributed by atoms with E-state index >= 15 is 0 Å². The summed E-state index contributed by atoms with van der Waals surface area (Å²) in [6.45, 7) is 1.36. The van der Waals surface area contributed by atoms with E-state index in [-0.39, 0.29) is 30.1 Å². The van der Waals surface area contributed by atoms with Gasteiger partial charge in [0.25, 0.3) is 0 Å². The first-order chi connectivity index (χ1) is 12.6. The quantitative estimate of drug-likeness (QED) is 0.853. The van der Waals surface area contributed by atoms with E-state index in [1.54, 1.807) is 23.1 Å². The van der Waals surface area contributed by atoms with Gasteiger partial charge >= 0.3 is 6.03 Å². The molecule has 0 atom stereocenters. The van der Waals surface area contributed by atoms with Crippen LogP contribution < -0.4 is 5.32 Å². The SMILES string of the molecule is O=C(NC1CCCC1)N1CCN(S(=O)(=O)c2cccc3nsnc23)CC1. The molecule has 0 bridgehead atoms. The molecule has 10 heteroatoms. The number of nitrogens with zero attached hydrogens (tertiary/aromatic N) is 4. The van der Waals surface area contributed by atoms with Crippen LogP contribution in [-0.4, -0.2) is 64.6 Å². The number of benzene rings is 1. The zero-order valence-electron chi connectivity index (χ0n) is 14.3. The van der Waals surface area contributed by atoms with Crippen molar-refractivity contribution in [3.8, 4) is 0 Å². The zero-order chi connectivity index (χ0) is 18.1. The van der Waals surface area contributed by atoms with Gasteiger partial charge in [0, 0.05) is 32.2 Å². The second-order valence-electron chi connectivity index (χ2n) is 6.71. The van der Waals surface area contributed by atoms with Crippen molar-refractivity contribution in [1.29, 1.82) is 0 Å². The van der Waals surface area contributed by atoms with Crippen molar-refractivity contribution in [2.24, 2.45) is 0 Å². The molecule has 4 rings (SSSR count). The minimum Gasteiger partial charge on any atom is -0.335 e. The lowest BCUT2D eigenvalue weighted by Gasteiger charge is -2.34. The molecule has 2 aliphatic rings. The fourth-order valence-electron chi connectivity index (χ4n) is 3.60. The Kier molecular flexibility index (Phi) is 4.80. The number of amides is 2. The van der Waals surface area contributed by atoms with Gasteiger partial charge in [-0.05, 0) is 25.0 Å². The maximum Gasteiger partial charge on any atom is 0.317 e. The highest BCUT2D eigenvalue weighted by atomic mass is 32.2. The lowest BCUT2D eigenvalue weighted by Crippen LogP contribution is -2.54. The summed E-state index contributed by atoms with van der Waals surface area (Å²) in [7, 11) is -3.65. The molecule has 1 N–H and O–H groups in total. The second kappa shape index (κ2) is 7.09. The van der Waals surface area contributed by atoms with Crippen LogP contribution in [0.2, 0.25) is 0 Å². The largest absolute Gasteiger partial charge is 0.335 e. The number of fused-ring (bicyclic) bond motifs is 1. The van der Waals surface area contributed by atoms with E-state index in [4.69, 9.17) is 0 Å². The molecule has 2 heterocycles. The molecule has 0 spiro atoms. The van der Waals surface area contributed by atoms with Crippen LogP contribution in [0.1, 0.15) is 25.7 Å². The minimum absolute atomic E-state index is 0.0836. The topological polar surface area (TPSA) is 95.5 Å². The highest BCUT2D eigenvalue weighted by Crippen LogP contribution is 2.25. The van der Waals surface area contributed by atoms with Gasteiger partial charge in [0.2, 0.25) is 10.0 Å². The van der Waals surface area contributed by atoms with E-state index in [1.165, 1.54) is 4.31 Å². The summed E-state index contributed by atoms with van der Waals surface area (Å²) < 4.78 is 35.7. The number of urea groups is 1. The molecular formula is C16H21N5O3S2. The van der Waals surface area contributed by atoms with Gasteiger partial charge in [-0.2, -0.15) is 13.1 Å². The van der Waals surface area contributed by atoms with E-state index in [9.17, 15) is 13.2 Å². The van der Waals surface area contributed by atoms with Crippen molar-refractivity contribution in [3.63, 3.8) is 0 Å². The van der Waals surface area contributed by atoms with E-state index in [1.807, 2.05) is 0 Å². The Morgan fingerprint density at radius 2 is 1.85 bits per heavy atom. The Morgan fingerprint density at radius 3 is 2.58 bits per heavy atom. The molecular weight excluding hydrogens is 374 g/mol. The van der Waals surface area contributed by atoms with Crippen molar-refractivity contribution < 1.29 is 13.2 Å². The highest BCUT2D eigenvalue weighted by Gasteiger charge is 2.32. The number of rotatable bonds is 3. The molecule has 1 aromatic heterocycles. The van der Waals surface area contributed by atoms with Gasteiger partial charge in [-0.3, -0.25) is 0 Å². The van der Waals surface area contributed by atoms with Gasteiger partial charge in [0.1, 0.15) is 15.9 Å². The highest BCUT2D eigenvalue weighted by molar-refractivity contribution is 7.89. The summed E-state index contributed by atoms with van der Waals surface area (Å²) in [6.07, 6.45) is 4.39. The predicted molar refractivity (Wildman–Crippen MR) is 98.5 cm³/mol. The van der Waals surface area contributed by atoms with Crippen molar-refractivity contribution in [2.75, 3.05) is 26.2 Å². The predicted octanol–water partition coefficient (Wildman–Crippen LogP) is 1.65. The number of carbonyl (C=O) groups is 1. The molecule has 2 amide bonds. The average molecular weight is 396 g/mol. The Bertz CT molecular complexity index is 900. The second-order valence-corrected chi connectivity index (χ2v) is 9.14. The van der Waals surface area contributed by atoms with Gasteiger partial charge in [-0.1, -0.05) is 18.9 Å². The molecule has 0 radical (unpaired) electrons. The Morgan fingerprint density at radius 1 is 1.12 bits per heavy atom. The first kappa shape index (κ1) is 17.6. The lowest BCUT2D eigenvalue weighted by atomic mass is 10.2. The molecule has 2 fully saturated rings. The maximum absolute atomic E-state index is 13.0. The third kappa shape index (κ3) is 3.28. The van der Waals surface area contributed by atoms with Gasteiger partial charge in [-0.25, -0.2) is 13.2 Å². The molecule has 2 aromatic rings. The number of nitrogens with one attached hydrogen (secondary N) is 1. The average Bonchev–Trinajstić information content (AvgIpc) is 3.32. The molecule has 8 nitrogen and oxygen atoms in total. The van der Waals surface area contributed by atoms with Crippen LogP contribution in [0.4, 0.5) is 4.79 Å². The molecule has 1 aromatic carbocycles. The standard InChI is InChI=1S/C16H21N5O3S2/c22-16(17-12-4-1-2-5-12)20-8-10-21(11-9-20)26(23,24)14-7-3-6-13-15(14)19-25-18-13/h3,6-7,12H,1-2,4-5,8-11H2,(H,17,22). The monoisotopic (exact) mass is 395 g/mol. The summed E-state index contributed by atoms with van der Waals surface area (Å²) in [5, 5.41) is 3.06. The van der Waals surface area contributed by atoms with Crippen molar-refractivity contribution in [2.45, 2.75) is 36.6 Å². The summed E-state index contributed by atoms with van der Waals surface area (Å²) in [5.74, 6) is 0. The third-order valence-corrected chi connectivity index (χ3v) is 7.55. The fraction of sp³-hybridized carbons (Fsp3) is 0.562. The smallest absolute Gasteiger partial charge is 0.317 e.